The summed E-state index contributed by atoms with van der Waals surface area (Å²) >= 11 is 3.49. The summed E-state index contributed by atoms with van der Waals surface area (Å²) in [5.41, 5.74) is 8.83. The zero-order valence-corrected chi connectivity index (χ0v) is 11.9. The Bertz CT molecular complexity index is 590. The molecule has 94 valence electrons. The highest BCUT2D eigenvalue weighted by atomic mass is 79.9. The van der Waals surface area contributed by atoms with Crippen molar-refractivity contribution in [1.29, 1.82) is 0 Å². The van der Waals surface area contributed by atoms with Crippen molar-refractivity contribution in [2.24, 2.45) is 5.73 Å². The van der Waals surface area contributed by atoms with Crippen molar-refractivity contribution in [3.05, 3.63) is 40.3 Å². The zero-order valence-electron chi connectivity index (χ0n) is 10.3. The molecule has 2 aromatic heterocycles. The number of carbonyl (C=O) groups is 1. The van der Waals surface area contributed by atoms with Gasteiger partial charge in [0, 0.05) is 30.2 Å². The first-order valence-electron chi connectivity index (χ1n) is 5.66. The number of aromatic nitrogens is 2. The van der Waals surface area contributed by atoms with Gasteiger partial charge >= 0.3 is 0 Å². The third-order valence-electron chi connectivity index (χ3n) is 2.98. The number of hydrogen-bond donors (Lipinski definition) is 1. The van der Waals surface area contributed by atoms with Crippen LogP contribution >= 0.6 is 15.9 Å². The molecule has 5 heteroatoms. The van der Waals surface area contributed by atoms with Crippen LogP contribution in [0.5, 0.6) is 0 Å². The van der Waals surface area contributed by atoms with Crippen molar-refractivity contribution in [2.75, 3.05) is 0 Å². The number of carbonyl (C=O) groups excluding carboxylic acids is 1. The number of primary amides is 1. The Morgan fingerprint density at radius 2 is 2.06 bits per heavy atom. The van der Waals surface area contributed by atoms with Crippen molar-refractivity contribution in [3.8, 4) is 11.3 Å². The average molecular weight is 308 g/mol. The van der Waals surface area contributed by atoms with Crippen LogP contribution in [0.15, 0.2) is 29.0 Å². The van der Waals surface area contributed by atoms with Crippen LogP contribution in [-0.4, -0.2) is 15.5 Å². The first kappa shape index (κ1) is 12.8. The molecule has 0 aliphatic heterocycles. The Hall–Kier alpha value is -1.62. The smallest absolute Gasteiger partial charge is 0.251 e. The molecule has 4 nitrogen and oxygen atoms in total. The Kier molecular flexibility index (Phi) is 3.52. The SMILES string of the molecule is CCn1c(C)c(C(N)=O)c(Br)c1-c1ccncc1. The second kappa shape index (κ2) is 4.94. The molecule has 0 radical (unpaired) electrons. The normalized spacial score (nSPS) is 10.6. The van der Waals surface area contributed by atoms with Crippen LogP contribution in [0.25, 0.3) is 11.3 Å². The van der Waals surface area contributed by atoms with Gasteiger partial charge in [-0.1, -0.05) is 0 Å². The summed E-state index contributed by atoms with van der Waals surface area (Å²) in [6.45, 7) is 4.71. The molecule has 2 rings (SSSR count). The van der Waals surface area contributed by atoms with E-state index in [1.165, 1.54) is 0 Å². The van der Waals surface area contributed by atoms with Gasteiger partial charge < -0.3 is 10.3 Å². The Balaban J connectivity index is 2.75. The predicted octanol–water partition coefficient (Wildman–Crippen LogP) is 2.74. The van der Waals surface area contributed by atoms with E-state index in [0.29, 0.717) is 5.56 Å². The number of amides is 1. The molecule has 0 aromatic carbocycles. The molecule has 0 saturated heterocycles. The van der Waals surface area contributed by atoms with Gasteiger partial charge in [-0.3, -0.25) is 9.78 Å². The number of halogens is 1. The van der Waals surface area contributed by atoms with E-state index < -0.39 is 5.91 Å². The van der Waals surface area contributed by atoms with E-state index in [4.69, 9.17) is 5.73 Å². The van der Waals surface area contributed by atoms with Gasteiger partial charge in [0.25, 0.3) is 5.91 Å². The number of hydrogen-bond acceptors (Lipinski definition) is 2. The fourth-order valence-electron chi connectivity index (χ4n) is 2.17. The first-order chi connectivity index (χ1) is 8.57. The molecule has 18 heavy (non-hydrogen) atoms. The second-order valence-corrected chi connectivity index (χ2v) is 4.76. The van der Waals surface area contributed by atoms with Crippen molar-refractivity contribution in [2.45, 2.75) is 20.4 Å². The minimum atomic E-state index is -0.415. The van der Waals surface area contributed by atoms with Gasteiger partial charge in [0.15, 0.2) is 0 Å². The fourth-order valence-corrected chi connectivity index (χ4v) is 3.10. The van der Waals surface area contributed by atoms with Gasteiger partial charge in [-0.25, -0.2) is 0 Å². The van der Waals surface area contributed by atoms with E-state index in [1.807, 2.05) is 26.0 Å². The maximum atomic E-state index is 11.5. The highest BCUT2D eigenvalue weighted by Gasteiger charge is 2.22. The number of nitrogens with zero attached hydrogens (tertiary/aromatic N) is 2. The summed E-state index contributed by atoms with van der Waals surface area (Å²) in [5, 5.41) is 0. The number of rotatable bonds is 3. The molecule has 0 fully saturated rings. The molecular formula is C13H14BrN3O. The molecule has 1 amide bonds. The summed E-state index contributed by atoms with van der Waals surface area (Å²) < 4.78 is 2.82. The van der Waals surface area contributed by atoms with E-state index >= 15 is 0 Å². The van der Waals surface area contributed by atoms with E-state index in [1.54, 1.807) is 12.4 Å². The average Bonchev–Trinajstić information content (AvgIpc) is 2.61. The van der Waals surface area contributed by atoms with E-state index in [0.717, 1.165) is 28.0 Å². The van der Waals surface area contributed by atoms with Crippen LogP contribution < -0.4 is 5.73 Å². The van der Waals surface area contributed by atoms with Crippen LogP contribution in [0.1, 0.15) is 23.0 Å². The van der Waals surface area contributed by atoms with Crippen LogP contribution in [-0.2, 0) is 6.54 Å². The van der Waals surface area contributed by atoms with Crippen LogP contribution in [0, 0.1) is 6.92 Å². The molecule has 0 atom stereocenters. The van der Waals surface area contributed by atoms with Crippen molar-refractivity contribution in [3.63, 3.8) is 0 Å². The second-order valence-electron chi connectivity index (χ2n) is 3.97. The van der Waals surface area contributed by atoms with Gasteiger partial charge in [-0.15, -0.1) is 0 Å². The van der Waals surface area contributed by atoms with Gasteiger partial charge in [-0.2, -0.15) is 0 Å². The summed E-state index contributed by atoms with van der Waals surface area (Å²) in [5.74, 6) is -0.415. The first-order valence-corrected chi connectivity index (χ1v) is 6.46. The molecule has 0 aliphatic rings. The van der Waals surface area contributed by atoms with Crippen molar-refractivity contribution in [1.82, 2.24) is 9.55 Å². The molecule has 0 bridgehead atoms. The maximum Gasteiger partial charge on any atom is 0.251 e. The minimum absolute atomic E-state index is 0.415. The quantitative estimate of drug-likeness (QED) is 0.947. The van der Waals surface area contributed by atoms with E-state index in [2.05, 4.69) is 25.5 Å². The molecule has 0 spiro atoms. The van der Waals surface area contributed by atoms with E-state index in [-0.39, 0.29) is 0 Å². The Labute approximate surface area is 114 Å². The van der Waals surface area contributed by atoms with Crippen LogP contribution in [0.2, 0.25) is 0 Å². The van der Waals surface area contributed by atoms with Crippen molar-refractivity contribution < 1.29 is 4.79 Å². The predicted molar refractivity (Wildman–Crippen MR) is 74.3 cm³/mol. The summed E-state index contributed by atoms with van der Waals surface area (Å²) in [4.78, 5) is 15.5. The fraction of sp³-hybridized carbons (Fsp3) is 0.231. The molecule has 0 unspecified atom stereocenters. The monoisotopic (exact) mass is 307 g/mol. The largest absolute Gasteiger partial charge is 0.366 e. The topological polar surface area (TPSA) is 60.9 Å². The molecule has 2 aromatic rings. The lowest BCUT2D eigenvalue weighted by Gasteiger charge is -2.09. The van der Waals surface area contributed by atoms with Crippen molar-refractivity contribution >= 4 is 21.8 Å². The Morgan fingerprint density at radius 1 is 1.44 bits per heavy atom. The van der Waals surface area contributed by atoms with E-state index in [9.17, 15) is 4.79 Å². The third kappa shape index (κ3) is 1.95. The third-order valence-corrected chi connectivity index (χ3v) is 3.75. The van der Waals surface area contributed by atoms with Gasteiger partial charge in [0.1, 0.15) is 0 Å². The maximum absolute atomic E-state index is 11.5. The molecule has 2 N–H and O–H groups in total. The number of pyridine rings is 1. The summed E-state index contributed by atoms with van der Waals surface area (Å²) in [7, 11) is 0. The van der Waals surface area contributed by atoms with Gasteiger partial charge in [0.05, 0.1) is 15.7 Å². The highest BCUT2D eigenvalue weighted by Crippen LogP contribution is 2.35. The van der Waals surface area contributed by atoms with Gasteiger partial charge in [0.2, 0.25) is 0 Å². The van der Waals surface area contributed by atoms with Crippen LogP contribution in [0.3, 0.4) is 0 Å². The Morgan fingerprint density at radius 3 is 2.56 bits per heavy atom. The van der Waals surface area contributed by atoms with Crippen LogP contribution in [0.4, 0.5) is 0 Å². The summed E-state index contributed by atoms with van der Waals surface area (Å²) in [6.07, 6.45) is 3.46. The van der Waals surface area contributed by atoms with Gasteiger partial charge in [-0.05, 0) is 41.9 Å². The number of nitrogens with two attached hydrogens (primary N) is 1. The lowest BCUT2D eigenvalue weighted by atomic mass is 10.1. The lowest BCUT2D eigenvalue weighted by Crippen LogP contribution is -2.12. The highest BCUT2D eigenvalue weighted by molar-refractivity contribution is 9.10. The molecular weight excluding hydrogens is 294 g/mol. The molecule has 2 heterocycles. The summed E-state index contributed by atoms with van der Waals surface area (Å²) in [6, 6.07) is 3.83. The molecule has 0 saturated carbocycles. The standard InChI is InChI=1S/C13H14BrN3O/c1-3-17-8(2)10(13(15)18)11(14)12(17)9-4-6-16-7-5-9/h4-7H,3H2,1-2H3,(H2,15,18). The molecule has 0 aliphatic carbocycles. The minimum Gasteiger partial charge on any atom is -0.366 e. The zero-order chi connectivity index (χ0) is 13.3. The lowest BCUT2D eigenvalue weighted by molar-refractivity contribution is 0.0999.